The summed E-state index contributed by atoms with van der Waals surface area (Å²) in [4.78, 5) is 6.85. The Kier molecular flexibility index (Phi) is 4.95. The number of nitrogens with zero attached hydrogens (tertiary/aromatic N) is 3. The lowest BCUT2D eigenvalue weighted by atomic mass is 9.37. The van der Waals surface area contributed by atoms with E-state index in [1.165, 1.54) is 31.2 Å². The normalized spacial score (nSPS) is 36.4. The maximum Gasteiger partial charge on any atom is 0.140 e. The number of nitriles is 1. The molecular weight excluding hydrogens is 382 g/mol. The molecule has 0 amide bonds. The van der Waals surface area contributed by atoms with Gasteiger partial charge in [-0.2, -0.15) is 5.26 Å². The van der Waals surface area contributed by atoms with Crippen molar-refractivity contribution in [3.63, 3.8) is 0 Å². The maximum atomic E-state index is 9.40. The Labute approximate surface area is 186 Å². The molecule has 4 heteroatoms. The average Bonchev–Trinajstić information content (AvgIpc) is 2.73. The van der Waals surface area contributed by atoms with Gasteiger partial charge in [0.2, 0.25) is 0 Å². The number of hydrogen-bond donors (Lipinski definition) is 0. The minimum absolute atomic E-state index is 0.353. The van der Waals surface area contributed by atoms with Gasteiger partial charge >= 0.3 is 0 Å². The Balaban J connectivity index is 1.37. The van der Waals surface area contributed by atoms with E-state index in [0.717, 1.165) is 24.9 Å². The van der Waals surface area contributed by atoms with E-state index < -0.39 is 0 Å². The first-order chi connectivity index (χ1) is 15.0. The van der Waals surface area contributed by atoms with Gasteiger partial charge in [-0.05, 0) is 68.3 Å². The molecule has 4 fully saturated rings. The number of ether oxygens (including phenoxy) is 1. The Hall–Kier alpha value is -2.22. The summed E-state index contributed by atoms with van der Waals surface area (Å²) in [7, 11) is 4.17. The van der Waals surface area contributed by atoms with Crippen LogP contribution in [0.5, 0.6) is 0 Å². The zero-order valence-corrected chi connectivity index (χ0v) is 19.0. The van der Waals surface area contributed by atoms with Gasteiger partial charge in [0, 0.05) is 36.7 Å². The Morgan fingerprint density at radius 3 is 2.55 bits per heavy atom. The zero-order valence-electron chi connectivity index (χ0n) is 19.0. The molecule has 6 rings (SSSR count). The van der Waals surface area contributed by atoms with Crippen LogP contribution in [0.2, 0.25) is 0 Å². The van der Waals surface area contributed by atoms with Crippen molar-refractivity contribution in [3.05, 3.63) is 65.5 Å². The highest BCUT2D eigenvalue weighted by Crippen LogP contribution is 2.70. The highest BCUT2D eigenvalue weighted by atomic mass is 16.5. The van der Waals surface area contributed by atoms with E-state index in [1.807, 2.05) is 13.2 Å². The fraction of sp³-hybridized carbons (Fsp3) is 0.556. The summed E-state index contributed by atoms with van der Waals surface area (Å²) in [5, 5.41) is 9.40. The standard InChI is InChI=1S/C27H33N3O/c1-20-8-7-11-23(27(20,31-3)22-12-13-29-24(14-22)15-28)16-30(2)26-17-25(18-26,19-26)21-9-5-4-6-10-21/h4-6,9-10,12-14,20,23H,7-8,11,16-19H2,1-3H3. The molecule has 4 aliphatic carbocycles. The molecule has 0 radical (unpaired) electrons. The topological polar surface area (TPSA) is 49.1 Å². The van der Waals surface area contributed by atoms with Crippen LogP contribution in [-0.4, -0.2) is 36.1 Å². The highest BCUT2D eigenvalue weighted by Gasteiger charge is 2.70. The quantitative estimate of drug-likeness (QED) is 0.663. The molecule has 1 heterocycles. The lowest BCUT2D eigenvalue weighted by molar-refractivity contribution is -0.187. The molecular formula is C27H33N3O. The molecule has 31 heavy (non-hydrogen) atoms. The second-order valence-corrected chi connectivity index (χ2v) is 10.3. The Bertz CT molecular complexity index is 977. The fourth-order valence-electron chi connectivity index (χ4n) is 7.23. The summed E-state index contributed by atoms with van der Waals surface area (Å²) >= 11 is 0. The number of aromatic nitrogens is 1. The van der Waals surface area contributed by atoms with E-state index >= 15 is 0 Å². The molecule has 2 bridgehead atoms. The second kappa shape index (κ2) is 7.43. The molecule has 1 aromatic carbocycles. The van der Waals surface area contributed by atoms with Crippen LogP contribution in [0.4, 0.5) is 0 Å². The monoisotopic (exact) mass is 415 g/mol. The molecule has 4 aliphatic rings. The molecule has 0 saturated heterocycles. The second-order valence-electron chi connectivity index (χ2n) is 10.3. The van der Waals surface area contributed by atoms with E-state index in [0.29, 0.717) is 28.5 Å². The van der Waals surface area contributed by atoms with E-state index in [4.69, 9.17) is 4.74 Å². The van der Waals surface area contributed by atoms with Crippen LogP contribution in [-0.2, 0) is 15.8 Å². The summed E-state index contributed by atoms with van der Waals surface area (Å²) in [6, 6.07) is 17.3. The molecule has 0 aliphatic heterocycles. The maximum absolute atomic E-state index is 9.40. The van der Waals surface area contributed by atoms with Crippen LogP contribution >= 0.6 is 0 Å². The van der Waals surface area contributed by atoms with Gasteiger partial charge in [-0.25, -0.2) is 4.98 Å². The zero-order chi connectivity index (χ0) is 21.7. The summed E-state index contributed by atoms with van der Waals surface area (Å²) in [6.45, 7) is 3.35. The van der Waals surface area contributed by atoms with Crippen LogP contribution in [0.1, 0.15) is 62.3 Å². The van der Waals surface area contributed by atoms with Crippen LogP contribution in [0.25, 0.3) is 0 Å². The van der Waals surface area contributed by atoms with E-state index in [9.17, 15) is 5.26 Å². The smallest absolute Gasteiger partial charge is 0.140 e. The summed E-state index contributed by atoms with van der Waals surface area (Å²) in [6.07, 6.45) is 9.14. The van der Waals surface area contributed by atoms with Gasteiger partial charge in [0.05, 0.1) is 5.60 Å². The summed E-state index contributed by atoms with van der Waals surface area (Å²) < 4.78 is 6.39. The predicted octanol–water partition coefficient (Wildman–Crippen LogP) is 5.04. The van der Waals surface area contributed by atoms with Crippen molar-refractivity contribution < 1.29 is 4.74 Å². The molecule has 2 aromatic rings. The van der Waals surface area contributed by atoms with Crippen LogP contribution in [0, 0.1) is 23.2 Å². The van der Waals surface area contributed by atoms with Gasteiger partial charge < -0.3 is 9.64 Å². The molecule has 3 atom stereocenters. The highest BCUT2D eigenvalue weighted by molar-refractivity contribution is 5.41. The van der Waals surface area contributed by atoms with Crippen molar-refractivity contribution in [2.75, 3.05) is 20.7 Å². The molecule has 0 N–H and O–H groups in total. The lowest BCUT2D eigenvalue weighted by Gasteiger charge is -2.74. The van der Waals surface area contributed by atoms with Crippen molar-refractivity contribution in [1.82, 2.24) is 9.88 Å². The third-order valence-corrected chi connectivity index (χ3v) is 8.88. The number of pyridine rings is 1. The number of benzene rings is 1. The van der Waals surface area contributed by atoms with E-state index in [1.54, 1.807) is 6.20 Å². The van der Waals surface area contributed by atoms with Crippen molar-refractivity contribution in [1.29, 1.82) is 5.26 Å². The van der Waals surface area contributed by atoms with Gasteiger partial charge in [-0.15, -0.1) is 0 Å². The van der Waals surface area contributed by atoms with Gasteiger partial charge in [-0.1, -0.05) is 43.7 Å². The number of rotatable bonds is 6. The van der Waals surface area contributed by atoms with Crippen molar-refractivity contribution in [3.8, 4) is 6.07 Å². The first kappa shape index (κ1) is 20.7. The number of hydrogen-bond acceptors (Lipinski definition) is 4. The minimum Gasteiger partial charge on any atom is -0.373 e. The predicted molar refractivity (Wildman–Crippen MR) is 121 cm³/mol. The molecule has 162 valence electrons. The largest absolute Gasteiger partial charge is 0.373 e. The Morgan fingerprint density at radius 1 is 1.13 bits per heavy atom. The fourth-order valence-corrected chi connectivity index (χ4v) is 7.23. The van der Waals surface area contributed by atoms with Crippen LogP contribution in [0.15, 0.2) is 48.7 Å². The summed E-state index contributed by atoms with van der Waals surface area (Å²) in [5.41, 5.74) is 3.52. The van der Waals surface area contributed by atoms with Crippen molar-refractivity contribution in [2.45, 2.75) is 62.0 Å². The molecule has 4 saturated carbocycles. The third-order valence-electron chi connectivity index (χ3n) is 8.88. The van der Waals surface area contributed by atoms with Gasteiger partial charge in [0.25, 0.3) is 0 Å². The molecule has 4 nitrogen and oxygen atoms in total. The first-order valence-electron chi connectivity index (χ1n) is 11.7. The minimum atomic E-state index is -0.359. The molecule has 3 unspecified atom stereocenters. The van der Waals surface area contributed by atoms with Crippen molar-refractivity contribution >= 4 is 0 Å². The van der Waals surface area contributed by atoms with Gasteiger partial charge in [-0.3, -0.25) is 0 Å². The van der Waals surface area contributed by atoms with Gasteiger partial charge in [0.1, 0.15) is 11.8 Å². The van der Waals surface area contributed by atoms with Crippen LogP contribution < -0.4 is 0 Å². The lowest BCUT2D eigenvalue weighted by Crippen LogP contribution is -2.76. The SMILES string of the molecule is COC1(c2ccnc(C#N)c2)C(C)CCCC1CN(C)C12CC(c3ccccc3)(C1)C2. The third kappa shape index (κ3) is 2.97. The summed E-state index contributed by atoms with van der Waals surface area (Å²) in [5.74, 6) is 0.809. The number of methoxy groups -OCH3 is 1. The Morgan fingerprint density at radius 2 is 1.87 bits per heavy atom. The van der Waals surface area contributed by atoms with Crippen LogP contribution in [0.3, 0.4) is 0 Å². The van der Waals surface area contributed by atoms with E-state index in [2.05, 4.69) is 66.3 Å². The van der Waals surface area contributed by atoms with Gasteiger partial charge in [0.15, 0.2) is 0 Å². The van der Waals surface area contributed by atoms with E-state index in [-0.39, 0.29) is 5.60 Å². The average molecular weight is 416 g/mol. The van der Waals surface area contributed by atoms with Crippen molar-refractivity contribution in [2.24, 2.45) is 11.8 Å². The molecule has 1 aromatic heterocycles. The first-order valence-corrected chi connectivity index (χ1v) is 11.7. The molecule has 0 spiro atoms.